The van der Waals surface area contributed by atoms with Gasteiger partial charge < -0.3 is 5.11 Å². The van der Waals surface area contributed by atoms with E-state index in [1.165, 1.54) is 5.57 Å². The summed E-state index contributed by atoms with van der Waals surface area (Å²) in [4.78, 5) is 16.0. The summed E-state index contributed by atoms with van der Waals surface area (Å²) in [5.74, 6) is 0.519. The van der Waals surface area contributed by atoms with Gasteiger partial charge >= 0.3 is 0 Å². The minimum Gasteiger partial charge on any atom is -0.388 e. The van der Waals surface area contributed by atoms with Crippen molar-refractivity contribution in [2.75, 3.05) is 0 Å². The zero-order chi connectivity index (χ0) is 18.1. The summed E-state index contributed by atoms with van der Waals surface area (Å²) in [5.41, 5.74) is 3.14. The van der Waals surface area contributed by atoms with E-state index in [2.05, 4.69) is 18.0 Å². The Morgan fingerprint density at radius 3 is 2.71 bits per heavy atom. The Bertz CT molecular complexity index is 586. The third kappa shape index (κ3) is 7.54. The Balaban J connectivity index is 2.40. The van der Waals surface area contributed by atoms with Crippen LogP contribution >= 0.6 is 11.3 Å². The van der Waals surface area contributed by atoms with E-state index in [9.17, 15) is 9.90 Å². The lowest BCUT2D eigenvalue weighted by Crippen LogP contribution is -2.09. The molecule has 0 aliphatic heterocycles. The van der Waals surface area contributed by atoms with Crippen LogP contribution in [0.15, 0.2) is 22.6 Å². The Labute approximate surface area is 150 Å². The summed E-state index contributed by atoms with van der Waals surface area (Å²) < 4.78 is 0. The van der Waals surface area contributed by atoms with E-state index in [1.54, 1.807) is 11.3 Å². The summed E-state index contributed by atoms with van der Waals surface area (Å²) in [7, 11) is 0. The molecular weight excluding hydrogens is 318 g/mol. The first-order chi connectivity index (χ1) is 11.3. The van der Waals surface area contributed by atoms with Crippen LogP contribution in [0.4, 0.5) is 0 Å². The Hall–Kier alpha value is -1.26. The smallest absolute Gasteiger partial charge is 0.135 e. The highest BCUT2D eigenvalue weighted by atomic mass is 32.1. The molecule has 0 bridgehead atoms. The molecule has 2 atom stereocenters. The quantitative estimate of drug-likeness (QED) is 0.580. The Kier molecular flexibility index (Phi) is 9.16. The van der Waals surface area contributed by atoms with Crippen molar-refractivity contribution in [3.05, 3.63) is 33.3 Å². The van der Waals surface area contributed by atoms with Gasteiger partial charge in [0, 0.05) is 17.7 Å². The van der Waals surface area contributed by atoms with Crippen molar-refractivity contribution in [1.82, 2.24) is 4.98 Å². The lowest BCUT2D eigenvalue weighted by atomic mass is 9.96. The van der Waals surface area contributed by atoms with E-state index in [-0.39, 0.29) is 5.92 Å². The Morgan fingerprint density at radius 1 is 1.42 bits per heavy atom. The molecule has 1 rings (SSSR count). The number of thiazole rings is 1. The van der Waals surface area contributed by atoms with Crippen LogP contribution in [0.2, 0.25) is 0 Å². The normalized spacial score (nSPS) is 15.4. The number of aliphatic hydroxyl groups is 1. The van der Waals surface area contributed by atoms with Crippen molar-refractivity contribution >= 4 is 23.2 Å². The standard InChI is InChI=1S/C20H31NO2S/c1-6-19(22)15(3)9-7-8-14(2)10-11-20(23)16(4)12-18-13-24-17(5)21-18/h10,12-13,15,20,23H,6-9,11H2,1-5H3/b14-10-,16-12+/t15-,20-/m0/s1. The maximum Gasteiger partial charge on any atom is 0.135 e. The fourth-order valence-corrected chi connectivity index (χ4v) is 3.14. The molecule has 0 unspecified atom stereocenters. The molecule has 0 saturated heterocycles. The van der Waals surface area contributed by atoms with E-state index in [0.29, 0.717) is 18.6 Å². The molecule has 134 valence electrons. The highest BCUT2D eigenvalue weighted by molar-refractivity contribution is 7.09. The second kappa shape index (κ2) is 10.6. The van der Waals surface area contributed by atoms with Gasteiger partial charge in [-0.15, -0.1) is 11.3 Å². The monoisotopic (exact) mass is 349 g/mol. The molecule has 0 aromatic carbocycles. The SMILES string of the molecule is CCC(=O)[C@@H](C)CCC/C(C)=C\C[C@H](O)/C(C)=C/c1csc(C)n1. The van der Waals surface area contributed by atoms with Crippen LogP contribution in [0.25, 0.3) is 6.08 Å². The summed E-state index contributed by atoms with van der Waals surface area (Å²) in [6.07, 6.45) is 7.81. The lowest BCUT2D eigenvalue weighted by Gasteiger charge is -2.11. The number of ketones is 1. The third-order valence-electron chi connectivity index (χ3n) is 4.33. The number of rotatable bonds is 10. The molecule has 0 fully saturated rings. The molecule has 1 heterocycles. The zero-order valence-electron chi connectivity index (χ0n) is 15.6. The van der Waals surface area contributed by atoms with Gasteiger partial charge in [0.15, 0.2) is 0 Å². The fourth-order valence-electron chi connectivity index (χ4n) is 2.57. The van der Waals surface area contributed by atoms with Gasteiger partial charge in [0.2, 0.25) is 0 Å². The van der Waals surface area contributed by atoms with Crippen LogP contribution in [0, 0.1) is 12.8 Å². The number of hydrogen-bond acceptors (Lipinski definition) is 4. The van der Waals surface area contributed by atoms with Gasteiger partial charge in [-0.2, -0.15) is 0 Å². The number of nitrogens with zero attached hydrogens (tertiary/aromatic N) is 1. The molecule has 1 aromatic rings. The van der Waals surface area contributed by atoms with Crippen molar-refractivity contribution in [1.29, 1.82) is 0 Å². The number of Topliss-reactive ketones (excluding diaryl/α,β-unsaturated/α-hetero) is 1. The highest BCUT2D eigenvalue weighted by Crippen LogP contribution is 2.18. The van der Waals surface area contributed by atoms with Crippen LogP contribution in [0.5, 0.6) is 0 Å². The second-order valence-electron chi connectivity index (χ2n) is 6.59. The van der Waals surface area contributed by atoms with Crippen LogP contribution in [-0.2, 0) is 4.79 Å². The molecule has 0 aliphatic rings. The predicted octanol–water partition coefficient (Wildman–Crippen LogP) is 5.34. The maximum atomic E-state index is 11.6. The van der Waals surface area contributed by atoms with Gasteiger partial charge in [0.1, 0.15) is 5.78 Å². The molecule has 0 spiro atoms. The Morgan fingerprint density at radius 2 is 2.12 bits per heavy atom. The molecule has 3 nitrogen and oxygen atoms in total. The van der Waals surface area contributed by atoms with Crippen LogP contribution in [0.1, 0.15) is 70.5 Å². The largest absolute Gasteiger partial charge is 0.388 e. The number of carbonyl (C=O) groups excluding carboxylic acids is 1. The number of carbonyl (C=O) groups is 1. The molecule has 1 N–H and O–H groups in total. The first kappa shape index (κ1) is 20.8. The van der Waals surface area contributed by atoms with Gasteiger partial charge in [-0.1, -0.05) is 25.5 Å². The fraction of sp³-hybridized carbons (Fsp3) is 0.600. The van der Waals surface area contributed by atoms with Crippen LogP contribution < -0.4 is 0 Å². The topological polar surface area (TPSA) is 50.2 Å². The molecule has 0 amide bonds. The molecular formula is C20H31NO2S. The maximum absolute atomic E-state index is 11.6. The van der Waals surface area contributed by atoms with Crippen molar-refractivity contribution in [3.63, 3.8) is 0 Å². The van der Waals surface area contributed by atoms with Crippen molar-refractivity contribution in [2.24, 2.45) is 5.92 Å². The van der Waals surface area contributed by atoms with Crippen LogP contribution in [0.3, 0.4) is 0 Å². The summed E-state index contributed by atoms with van der Waals surface area (Å²) in [5, 5.41) is 13.3. The average Bonchev–Trinajstić information content (AvgIpc) is 2.96. The predicted molar refractivity (Wildman–Crippen MR) is 103 cm³/mol. The molecule has 24 heavy (non-hydrogen) atoms. The first-order valence-corrected chi connectivity index (χ1v) is 9.68. The van der Waals surface area contributed by atoms with Gasteiger partial charge in [-0.25, -0.2) is 4.98 Å². The summed E-state index contributed by atoms with van der Waals surface area (Å²) >= 11 is 1.62. The van der Waals surface area contributed by atoms with Gasteiger partial charge in [0.25, 0.3) is 0 Å². The zero-order valence-corrected chi connectivity index (χ0v) is 16.4. The minimum atomic E-state index is -0.470. The summed E-state index contributed by atoms with van der Waals surface area (Å²) in [6, 6.07) is 0. The van der Waals surface area contributed by atoms with Gasteiger partial charge in [-0.05, 0) is 58.1 Å². The number of allylic oxidation sites excluding steroid dienone is 1. The minimum absolute atomic E-state index is 0.167. The molecule has 0 radical (unpaired) electrons. The number of hydrogen-bond donors (Lipinski definition) is 1. The highest BCUT2D eigenvalue weighted by Gasteiger charge is 2.10. The molecule has 0 saturated carbocycles. The van der Waals surface area contributed by atoms with E-state index in [4.69, 9.17) is 0 Å². The van der Waals surface area contributed by atoms with Crippen LogP contribution in [-0.4, -0.2) is 22.0 Å². The lowest BCUT2D eigenvalue weighted by molar-refractivity contribution is -0.122. The molecule has 1 aromatic heterocycles. The van der Waals surface area contributed by atoms with E-state index in [1.807, 2.05) is 39.2 Å². The first-order valence-electron chi connectivity index (χ1n) is 8.80. The number of aromatic nitrogens is 1. The van der Waals surface area contributed by atoms with E-state index >= 15 is 0 Å². The van der Waals surface area contributed by atoms with Crippen molar-refractivity contribution < 1.29 is 9.90 Å². The molecule has 0 aliphatic carbocycles. The van der Waals surface area contributed by atoms with Crippen molar-refractivity contribution in [3.8, 4) is 0 Å². The van der Waals surface area contributed by atoms with Gasteiger partial charge in [0.05, 0.1) is 16.8 Å². The average molecular weight is 350 g/mol. The van der Waals surface area contributed by atoms with Gasteiger partial charge in [-0.3, -0.25) is 4.79 Å². The number of aliphatic hydroxyl groups excluding tert-OH is 1. The molecule has 4 heteroatoms. The summed E-state index contributed by atoms with van der Waals surface area (Å²) in [6.45, 7) is 9.97. The second-order valence-corrected chi connectivity index (χ2v) is 7.66. The number of aryl methyl sites for hydroxylation is 1. The van der Waals surface area contributed by atoms with E-state index in [0.717, 1.165) is 35.5 Å². The van der Waals surface area contributed by atoms with Crippen molar-refractivity contribution in [2.45, 2.75) is 72.8 Å². The third-order valence-corrected chi connectivity index (χ3v) is 5.13. The van der Waals surface area contributed by atoms with E-state index < -0.39 is 6.10 Å².